The first kappa shape index (κ1) is 13.6. The molecule has 0 spiro atoms. The van der Waals surface area contributed by atoms with E-state index in [-0.39, 0.29) is 5.78 Å². The zero-order valence-electron chi connectivity index (χ0n) is 10.9. The van der Waals surface area contributed by atoms with Crippen LogP contribution in [0, 0.1) is 0 Å². The maximum absolute atomic E-state index is 12.2. The van der Waals surface area contributed by atoms with Crippen LogP contribution in [-0.2, 0) is 0 Å². The van der Waals surface area contributed by atoms with E-state index in [1.54, 1.807) is 11.8 Å². The molecule has 0 unspecified atom stereocenters. The summed E-state index contributed by atoms with van der Waals surface area (Å²) in [5.74, 6) is 1.14. The molecule has 1 nitrogen and oxygen atoms in total. The van der Waals surface area contributed by atoms with Gasteiger partial charge in [0.1, 0.15) is 0 Å². The normalized spacial score (nSPS) is 10.8. The Kier molecular flexibility index (Phi) is 4.99. The van der Waals surface area contributed by atoms with Crippen LogP contribution < -0.4 is 0 Å². The Morgan fingerprint density at radius 2 is 1.63 bits per heavy atom. The van der Waals surface area contributed by atoms with E-state index >= 15 is 0 Å². The predicted octanol–water partition coefficient (Wildman–Crippen LogP) is 4.64. The minimum Gasteiger partial charge on any atom is -0.289 e. The van der Waals surface area contributed by atoms with E-state index in [1.165, 1.54) is 0 Å². The molecule has 0 fully saturated rings. The predicted molar refractivity (Wildman–Crippen MR) is 83.5 cm³/mol. The number of carbonyl (C=O) groups is 1. The van der Waals surface area contributed by atoms with Gasteiger partial charge in [-0.1, -0.05) is 61.5 Å². The molecule has 2 heteroatoms. The summed E-state index contributed by atoms with van der Waals surface area (Å²) in [5.41, 5.74) is 2.57. The molecule has 0 bridgehead atoms. The molecule has 0 saturated carbocycles. The zero-order chi connectivity index (χ0) is 13.5. The Labute approximate surface area is 118 Å². The molecule has 96 valence electrons. The minimum atomic E-state index is 0.0686. The fraction of sp³-hybridized carbons (Fsp3) is 0.118. The van der Waals surface area contributed by atoms with Gasteiger partial charge in [0, 0.05) is 11.1 Å². The standard InChI is InChI=1S/C17H16OS/c1-2-19-13-12-14-8-10-16(11-9-14)17(18)15-6-4-3-5-7-15/h3-13H,2H2,1H3/b13-12+. The van der Waals surface area contributed by atoms with Crippen LogP contribution in [0.25, 0.3) is 6.08 Å². The van der Waals surface area contributed by atoms with Crippen LogP contribution in [-0.4, -0.2) is 11.5 Å². The summed E-state index contributed by atoms with van der Waals surface area (Å²) in [7, 11) is 0. The number of rotatable bonds is 5. The molecule has 0 heterocycles. The lowest BCUT2D eigenvalue weighted by molar-refractivity contribution is 0.103. The smallest absolute Gasteiger partial charge is 0.193 e. The second kappa shape index (κ2) is 6.95. The molecule has 0 radical (unpaired) electrons. The Hall–Kier alpha value is -1.80. The van der Waals surface area contributed by atoms with Crippen molar-refractivity contribution in [2.75, 3.05) is 5.75 Å². The molecule has 0 aliphatic heterocycles. The van der Waals surface area contributed by atoms with Gasteiger partial charge < -0.3 is 0 Å². The Morgan fingerprint density at radius 3 is 2.26 bits per heavy atom. The Bertz CT molecular complexity index is 556. The van der Waals surface area contributed by atoms with E-state index < -0.39 is 0 Å². The first-order valence-electron chi connectivity index (χ1n) is 6.29. The van der Waals surface area contributed by atoms with E-state index in [2.05, 4.69) is 18.4 Å². The van der Waals surface area contributed by atoms with Crippen LogP contribution in [0.5, 0.6) is 0 Å². The van der Waals surface area contributed by atoms with Gasteiger partial charge in [-0.2, -0.15) is 0 Å². The minimum absolute atomic E-state index is 0.0686. The van der Waals surface area contributed by atoms with Crippen LogP contribution in [0.2, 0.25) is 0 Å². The van der Waals surface area contributed by atoms with E-state index in [9.17, 15) is 4.79 Å². The number of thioether (sulfide) groups is 1. The van der Waals surface area contributed by atoms with E-state index in [0.717, 1.165) is 22.4 Å². The molecule has 0 saturated heterocycles. The molecule has 0 aliphatic carbocycles. The van der Waals surface area contributed by atoms with Gasteiger partial charge in [0.2, 0.25) is 0 Å². The summed E-state index contributed by atoms with van der Waals surface area (Å²) in [6.07, 6.45) is 2.06. The second-order valence-electron chi connectivity index (χ2n) is 4.08. The van der Waals surface area contributed by atoms with Gasteiger partial charge in [0.25, 0.3) is 0 Å². The van der Waals surface area contributed by atoms with Crippen molar-refractivity contribution in [1.29, 1.82) is 0 Å². The maximum atomic E-state index is 12.2. The maximum Gasteiger partial charge on any atom is 0.193 e. The SMILES string of the molecule is CCS/C=C/c1ccc(C(=O)c2ccccc2)cc1. The van der Waals surface area contributed by atoms with Crippen LogP contribution in [0.1, 0.15) is 28.4 Å². The Balaban J connectivity index is 2.12. The number of benzene rings is 2. The highest BCUT2D eigenvalue weighted by molar-refractivity contribution is 8.02. The van der Waals surface area contributed by atoms with Crippen molar-refractivity contribution < 1.29 is 4.79 Å². The van der Waals surface area contributed by atoms with Crippen molar-refractivity contribution in [3.8, 4) is 0 Å². The molecular formula is C17H16OS. The van der Waals surface area contributed by atoms with Gasteiger partial charge >= 0.3 is 0 Å². The summed E-state index contributed by atoms with van der Waals surface area (Å²) in [4.78, 5) is 12.2. The van der Waals surface area contributed by atoms with Crippen molar-refractivity contribution in [2.24, 2.45) is 0 Å². The summed E-state index contributed by atoms with van der Waals surface area (Å²) < 4.78 is 0. The third-order valence-corrected chi connectivity index (χ3v) is 3.39. The first-order valence-corrected chi connectivity index (χ1v) is 7.34. The molecule has 0 atom stereocenters. The highest BCUT2D eigenvalue weighted by atomic mass is 32.2. The molecule has 2 aromatic rings. The summed E-state index contributed by atoms with van der Waals surface area (Å²) >= 11 is 1.76. The first-order chi connectivity index (χ1) is 9.31. The summed E-state index contributed by atoms with van der Waals surface area (Å²) in [6.45, 7) is 2.12. The number of hydrogen-bond donors (Lipinski definition) is 0. The van der Waals surface area contributed by atoms with Gasteiger partial charge in [-0.25, -0.2) is 0 Å². The summed E-state index contributed by atoms with van der Waals surface area (Å²) in [6, 6.07) is 17.1. The second-order valence-corrected chi connectivity index (χ2v) is 5.26. The lowest BCUT2D eigenvalue weighted by Gasteiger charge is -2.01. The average molecular weight is 268 g/mol. The fourth-order valence-electron chi connectivity index (χ4n) is 1.72. The summed E-state index contributed by atoms with van der Waals surface area (Å²) in [5, 5.41) is 2.08. The lowest BCUT2D eigenvalue weighted by Crippen LogP contribution is -2.00. The third-order valence-electron chi connectivity index (χ3n) is 2.73. The molecule has 2 rings (SSSR count). The molecule has 2 aromatic carbocycles. The van der Waals surface area contributed by atoms with Gasteiger partial charge in [-0.05, 0) is 22.8 Å². The van der Waals surface area contributed by atoms with Crippen molar-refractivity contribution in [2.45, 2.75) is 6.92 Å². The third kappa shape index (κ3) is 3.83. The van der Waals surface area contributed by atoms with Gasteiger partial charge in [-0.3, -0.25) is 4.79 Å². The van der Waals surface area contributed by atoms with E-state index in [1.807, 2.05) is 54.6 Å². The largest absolute Gasteiger partial charge is 0.289 e. The fourth-order valence-corrected chi connectivity index (χ4v) is 2.17. The van der Waals surface area contributed by atoms with Crippen LogP contribution in [0.4, 0.5) is 0 Å². The number of carbonyl (C=O) groups excluding carboxylic acids is 1. The topological polar surface area (TPSA) is 17.1 Å². The van der Waals surface area contributed by atoms with E-state index in [0.29, 0.717) is 0 Å². The Morgan fingerprint density at radius 1 is 1.00 bits per heavy atom. The lowest BCUT2D eigenvalue weighted by atomic mass is 10.0. The molecular weight excluding hydrogens is 252 g/mol. The van der Waals surface area contributed by atoms with E-state index in [4.69, 9.17) is 0 Å². The van der Waals surface area contributed by atoms with Crippen LogP contribution in [0.15, 0.2) is 60.0 Å². The average Bonchev–Trinajstić information content (AvgIpc) is 2.48. The number of ketones is 1. The highest BCUT2D eigenvalue weighted by Crippen LogP contribution is 2.13. The molecule has 0 aliphatic rings. The number of hydrogen-bond acceptors (Lipinski definition) is 2. The van der Waals surface area contributed by atoms with Gasteiger partial charge in [-0.15, -0.1) is 11.8 Å². The highest BCUT2D eigenvalue weighted by Gasteiger charge is 2.07. The van der Waals surface area contributed by atoms with Crippen molar-refractivity contribution >= 4 is 23.6 Å². The van der Waals surface area contributed by atoms with Crippen molar-refractivity contribution in [3.05, 3.63) is 76.7 Å². The zero-order valence-corrected chi connectivity index (χ0v) is 11.7. The van der Waals surface area contributed by atoms with Crippen LogP contribution >= 0.6 is 11.8 Å². The quantitative estimate of drug-likeness (QED) is 0.735. The van der Waals surface area contributed by atoms with Crippen molar-refractivity contribution in [3.63, 3.8) is 0 Å². The molecule has 0 N–H and O–H groups in total. The molecule has 0 amide bonds. The van der Waals surface area contributed by atoms with Crippen LogP contribution in [0.3, 0.4) is 0 Å². The molecule has 0 aromatic heterocycles. The van der Waals surface area contributed by atoms with Crippen molar-refractivity contribution in [1.82, 2.24) is 0 Å². The van der Waals surface area contributed by atoms with Gasteiger partial charge in [0.05, 0.1) is 0 Å². The van der Waals surface area contributed by atoms with Gasteiger partial charge in [0.15, 0.2) is 5.78 Å². The monoisotopic (exact) mass is 268 g/mol. The molecule has 19 heavy (non-hydrogen) atoms.